The number of H-pyrrole nitrogens is 1. The Balaban J connectivity index is 2.45. The first-order chi connectivity index (χ1) is 5.18. The Hall–Kier alpha value is -1.25. The molecule has 0 spiro atoms. The normalized spacial score (nSPS) is 9.91. The lowest BCUT2D eigenvalue weighted by molar-refractivity contribution is -0.136. The highest BCUT2D eigenvalue weighted by Gasteiger charge is 1.99. The molecule has 1 rings (SSSR count). The van der Waals surface area contributed by atoms with Crippen molar-refractivity contribution in [1.29, 1.82) is 0 Å². The maximum atomic E-state index is 10.2. The SMILES string of the molecule is Cc1cc(CCC(=O)O)c[nH]1. The molecule has 0 aliphatic heterocycles. The summed E-state index contributed by atoms with van der Waals surface area (Å²) in [5, 5.41) is 8.37. The molecule has 1 aromatic heterocycles. The highest BCUT2D eigenvalue weighted by molar-refractivity contribution is 5.67. The van der Waals surface area contributed by atoms with Crippen molar-refractivity contribution in [2.45, 2.75) is 19.8 Å². The standard InChI is InChI=1S/C8H11NO2/c1-6-4-7(5-9-6)2-3-8(10)11/h4-5,9H,2-3H2,1H3,(H,10,11). The van der Waals surface area contributed by atoms with Crippen molar-refractivity contribution in [3.05, 3.63) is 23.5 Å². The molecule has 0 radical (unpaired) electrons. The van der Waals surface area contributed by atoms with E-state index in [0.717, 1.165) is 11.3 Å². The molecule has 0 unspecified atom stereocenters. The van der Waals surface area contributed by atoms with Crippen LogP contribution < -0.4 is 0 Å². The number of aromatic nitrogens is 1. The Morgan fingerprint density at radius 1 is 1.73 bits per heavy atom. The molecule has 2 N–H and O–H groups in total. The van der Waals surface area contributed by atoms with E-state index in [0.29, 0.717) is 6.42 Å². The maximum Gasteiger partial charge on any atom is 0.303 e. The van der Waals surface area contributed by atoms with Crippen molar-refractivity contribution < 1.29 is 9.90 Å². The molecule has 3 nitrogen and oxygen atoms in total. The monoisotopic (exact) mass is 153 g/mol. The summed E-state index contributed by atoms with van der Waals surface area (Å²) in [6, 6.07) is 1.96. The molecular formula is C8H11NO2. The Labute approximate surface area is 65.1 Å². The molecule has 0 aromatic carbocycles. The Bertz CT molecular complexity index is 252. The van der Waals surface area contributed by atoms with Crippen LogP contribution in [0.25, 0.3) is 0 Å². The fourth-order valence-corrected chi connectivity index (χ4v) is 0.964. The van der Waals surface area contributed by atoms with Gasteiger partial charge in [0.05, 0.1) is 0 Å². The van der Waals surface area contributed by atoms with Gasteiger partial charge in [-0.1, -0.05) is 0 Å². The fourth-order valence-electron chi connectivity index (χ4n) is 0.964. The van der Waals surface area contributed by atoms with Gasteiger partial charge in [0, 0.05) is 18.3 Å². The summed E-state index contributed by atoms with van der Waals surface area (Å²) in [7, 11) is 0. The minimum absolute atomic E-state index is 0.206. The zero-order valence-corrected chi connectivity index (χ0v) is 6.42. The summed E-state index contributed by atoms with van der Waals surface area (Å²) in [4.78, 5) is 13.2. The number of rotatable bonds is 3. The van der Waals surface area contributed by atoms with Crippen LogP contribution in [0.1, 0.15) is 17.7 Å². The first-order valence-corrected chi connectivity index (χ1v) is 3.54. The summed E-state index contributed by atoms with van der Waals surface area (Å²) in [6.45, 7) is 1.95. The van der Waals surface area contributed by atoms with Gasteiger partial charge in [-0.3, -0.25) is 4.79 Å². The number of aromatic amines is 1. The number of aryl methyl sites for hydroxylation is 2. The topological polar surface area (TPSA) is 53.1 Å². The quantitative estimate of drug-likeness (QED) is 0.688. The Morgan fingerprint density at radius 2 is 2.45 bits per heavy atom. The zero-order valence-electron chi connectivity index (χ0n) is 6.42. The number of nitrogens with one attached hydrogen (secondary N) is 1. The Morgan fingerprint density at radius 3 is 2.91 bits per heavy atom. The third-order valence-corrected chi connectivity index (χ3v) is 1.51. The molecule has 0 saturated heterocycles. The van der Waals surface area contributed by atoms with E-state index in [4.69, 9.17) is 5.11 Å². The molecule has 0 amide bonds. The Kier molecular flexibility index (Phi) is 2.31. The second kappa shape index (κ2) is 3.23. The minimum Gasteiger partial charge on any atom is -0.481 e. The van der Waals surface area contributed by atoms with E-state index in [2.05, 4.69) is 4.98 Å². The fraction of sp³-hybridized carbons (Fsp3) is 0.375. The van der Waals surface area contributed by atoms with Crippen LogP contribution >= 0.6 is 0 Å². The van der Waals surface area contributed by atoms with Crippen LogP contribution in [-0.4, -0.2) is 16.1 Å². The number of aliphatic carboxylic acids is 1. The zero-order chi connectivity index (χ0) is 8.27. The number of hydrogen-bond acceptors (Lipinski definition) is 1. The summed E-state index contributed by atoms with van der Waals surface area (Å²) in [5.74, 6) is -0.746. The molecule has 0 fully saturated rings. The van der Waals surface area contributed by atoms with Gasteiger partial charge >= 0.3 is 5.97 Å². The first kappa shape index (κ1) is 7.85. The van der Waals surface area contributed by atoms with Crippen LogP contribution in [0, 0.1) is 6.92 Å². The predicted octanol–water partition coefficient (Wildman–Crippen LogP) is 1.34. The molecule has 1 aromatic rings. The second-order valence-corrected chi connectivity index (χ2v) is 2.58. The summed E-state index contributed by atoms with van der Waals surface area (Å²) >= 11 is 0. The van der Waals surface area contributed by atoms with E-state index in [9.17, 15) is 4.79 Å². The van der Waals surface area contributed by atoms with Gasteiger partial charge in [0.25, 0.3) is 0 Å². The summed E-state index contributed by atoms with van der Waals surface area (Å²) in [5.41, 5.74) is 2.13. The van der Waals surface area contributed by atoms with Gasteiger partial charge in [-0.05, 0) is 25.0 Å². The van der Waals surface area contributed by atoms with Crippen molar-refractivity contribution in [3.8, 4) is 0 Å². The van der Waals surface area contributed by atoms with E-state index in [1.807, 2.05) is 19.2 Å². The molecule has 0 atom stereocenters. The van der Waals surface area contributed by atoms with E-state index in [1.54, 1.807) is 0 Å². The van der Waals surface area contributed by atoms with Crippen LogP contribution in [0.2, 0.25) is 0 Å². The molecule has 0 saturated carbocycles. The van der Waals surface area contributed by atoms with Crippen LogP contribution in [0.3, 0.4) is 0 Å². The lowest BCUT2D eigenvalue weighted by atomic mass is 10.2. The summed E-state index contributed by atoms with van der Waals surface area (Å²) in [6.07, 6.45) is 2.66. The highest BCUT2D eigenvalue weighted by atomic mass is 16.4. The molecule has 3 heteroatoms. The van der Waals surface area contributed by atoms with Gasteiger partial charge in [-0.25, -0.2) is 0 Å². The first-order valence-electron chi connectivity index (χ1n) is 3.54. The number of carbonyl (C=O) groups is 1. The average molecular weight is 153 g/mol. The summed E-state index contributed by atoms with van der Waals surface area (Å²) < 4.78 is 0. The van der Waals surface area contributed by atoms with Gasteiger partial charge in [-0.15, -0.1) is 0 Å². The van der Waals surface area contributed by atoms with Gasteiger partial charge in [0.2, 0.25) is 0 Å². The largest absolute Gasteiger partial charge is 0.481 e. The van der Waals surface area contributed by atoms with Gasteiger partial charge in [-0.2, -0.15) is 0 Å². The third-order valence-electron chi connectivity index (χ3n) is 1.51. The van der Waals surface area contributed by atoms with Crippen molar-refractivity contribution >= 4 is 5.97 Å². The number of carboxylic acid groups (broad SMARTS) is 1. The molecule has 60 valence electrons. The minimum atomic E-state index is -0.746. The third kappa shape index (κ3) is 2.45. The highest BCUT2D eigenvalue weighted by Crippen LogP contribution is 2.04. The van der Waals surface area contributed by atoms with E-state index in [-0.39, 0.29) is 6.42 Å². The van der Waals surface area contributed by atoms with E-state index >= 15 is 0 Å². The predicted molar refractivity (Wildman–Crippen MR) is 41.5 cm³/mol. The number of hydrogen-bond donors (Lipinski definition) is 2. The molecule has 0 bridgehead atoms. The molecule has 0 aliphatic carbocycles. The van der Waals surface area contributed by atoms with Gasteiger partial charge in [0.1, 0.15) is 0 Å². The van der Waals surface area contributed by atoms with Crippen molar-refractivity contribution in [2.24, 2.45) is 0 Å². The lowest BCUT2D eigenvalue weighted by Gasteiger charge is -1.90. The van der Waals surface area contributed by atoms with Gasteiger partial charge < -0.3 is 10.1 Å². The van der Waals surface area contributed by atoms with Gasteiger partial charge in [0.15, 0.2) is 0 Å². The van der Waals surface area contributed by atoms with Crippen LogP contribution in [0.15, 0.2) is 12.3 Å². The lowest BCUT2D eigenvalue weighted by Crippen LogP contribution is -1.96. The smallest absolute Gasteiger partial charge is 0.303 e. The van der Waals surface area contributed by atoms with Crippen LogP contribution in [0.4, 0.5) is 0 Å². The molecule has 1 heterocycles. The number of carboxylic acids is 1. The van der Waals surface area contributed by atoms with Crippen LogP contribution in [-0.2, 0) is 11.2 Å². The molecule has 0 aliphatic rings. The molecule has 11 heavy (non-hydrogen) atoms. The molecular weight excluding hydrogens is 142 g/mol. The van der Waals surface area contributed by atoms with Crippen molar-refractivity contribution in [1.82, 2.24) is 4.98 Å². The second-order valence-electron chi connectivity index (χ2n) is 2.58. The van der Waals surface area contributed by atoms with Crippen molar-refractivity contribution in [2.75, 3.05) is 0 Å². The van der Waals surface area contributed by atoms with Crippen LogP contribution in [0.5, 0.6) is 0 Å². The van der Waals surface area contributed by atoms with E-state index < -0.39 is 5.97 Å². The van der Waals surface area contributed by atoms with Crippen molar-refractivity contribution in [3.63, 3.8) is 0 Å². The maximum absolute atomic E-state index is 10.2. The van der Waals surface area contributed by atoms with E-state index in [1.165, 1.54) is 0 Å². The average Bonchev–Trinajstić information content (AvgIpc) is 2.31.